The molecule has 4 nitrogen and oxygen atoms in total. The van der Waals surface area contributed by atoms with E-state index in [1.807, 2.05) is 0 Å². The van der Waals surface area contributed by atoms with Crippen LogP contribution in [0, 0.1) is 5.92 Å². The molecule has 0 bridgehead atoms. The zero-order valence-corrected chi connectivity index (χ0v) is 9.31. The third-order valence-electron chi connectivity index (χ3n) is 3.18. The summed E-state index contributed by atoms with van der Waals surface area (Å²) in [5.41, 5.74) is 0.113. The Labute approximate surface area is 94.7 Å². The number of rotatable bonds is 2. The molecule has 1 heterocycles. The number of amides is 1. The lowest BCUT2D eigenvalue weighted by Gasteiger charge is -2.17. The van der Waals surface area contributed by atoms with Crippen molar-refractivity contribution in [3.8, 4) is 5.75 Å². The Morgan fingerprint density at radius 2 is 2.38 bits per heavy atom. The molecule has 1 fully saturated rings. The van der Waals surface area contributed by atoms with Crippen LogP contribution >= 0.6 is 0 Å². The standard InChI is InChI=1S/C12H16N2O2/c1-8-4-2-5-9(8)14-12(16)11-10(15)6-3-7-13-11/h3,6-9,15H,2,4-5H2,1H3,(H,14,16). The SMILES string of the molecule is CC1CCCC1NC(=O)c1ncccc1O. The normalized spacial score (nSPS) is 24.3. The van der Waals surface area contributed by atoms with Crippen molar-refractivity contribution < 1.29 is 9.90 Å². The fraction of sp³-hybridized carbons (Fsp3) is 0.500. The summed E-state index contributed by atoms with van der Waals surface area (Å²) >= 11 is 0. The summed E-state index contributed by atoms with van der Waals surface area (Å²) in [6.45, 7) is 2.14. The Morgan fingerprint density at radius 3 is 3.00 bits per heavy atom. The minimum Gasteiger partial charge on any atom is -0.505 e. The molecular formula is C12H16N2O2. The lowest BCUT2D eigenvalue weighted by Crippen LogP contribution is -2.36. The molecular weight excluding hydrogens is 204 g/mol. The summed E-state index contributed by atoms with van der Waals surface area (Å²) in [4.78, 5) is 15.7. The van der Waals surface area contributed by atoms with Crippen molar-refractivity contribution in [2.24, 2.45) is 5.92 Å². The second kappa shape index (κ2) is 4.51. The quantitative estimate of drug-likeness (QED) is 0.797. The third kappa shape index (κ3) is 2.15. The van der Waals surface area contributed by atoms with E-state index in [1.165, 1.54) is 12.3 Å². The minimum absolute atomic E-state index is 0.0642. The zero-order chi connectivity index (χ0) is 11.5. The maximum Gasteiger partial charge on any atom is 0.273 e. The van der Waals surface area contributed by atoms with E-state index in [1.54, 1.807) is 6.07 Å². The van der Waals surface area contributed by atoms with Crippen molar-refractivity contribution in [3.05, 3.63) is 24.0 Å². The predicted molar refractivity (Wildman–Crippen MR) is 60.2 cm³/mol. The van der Waals surface area contributed by atoms with Crippen LogP contribution in [-0.4, -0.2) is 22.0 Å². The fourth-order valence-corrected chi connectivity index (χ4v) is 2.17. The first-order valence-electron chi connectivity index (χ1n) is 5.63. The molecule has 2 unspecified atom stereocenters. The highest BCUT2D eigenvalue weighted by molar-refractivity contribution is 5.94. The van der Waals surface area contributed by atoms with Crippen LogP contribution in [0.5, 0.6) is 5.75 Å². The maximum atomic E-state index is 11.8. The van der Waals surface area contributed by atoms with Gasteiger partial charge in [0.05, 0.1) is 0 Å². The summed E-state index contributed by atoms with van der Waals surface area (Å²) in [6.07, 6.45) is 4.83. The van der Waals surface area contributed by atoms with E-state index >= 15 is 0 Å². The number of pyridine rings is 1. The maximum absolute atomic E-state index is 11.8. The molecule has 1 aromatic rings. The Kier molecular flexibility index (Phi) is 3.08. The van der Waals surface area contributed by atoms with Gasteiger partial charge in [0.25, 0.3) is 5.91 Å². The van der Waals surface area contributed by atoms with Gasteiger partial charge in [-0.25, -0.2) is 4.98 Å². The highest BCUT2D eigenvalue weighted by atomic mass is 16.3. The van der Waals surface area contributed by atoms with Crippen LogP contribution in [-0.2, 0) is 0 Å². The second-order valence-electron chi connectivity index (χ2n) is 4.36. The zero-order valence-electron chi connectivity index (χ0n) is 9.31. The van der Waals surface area contributed by atoms with Gasteiger partial charge in [-0.2, -0.15) is 0 Å². The van der Waals surface area contributed by atoms with Gasteiger partial charge in [-0.15, -0.1) is 0 Å². The number of carbonyl (C=O) groups is 1. The molecule has 2 atom stereocenters. The van der Waals surface area contributed by atoms with Crippen molar-refractivity contribution in [1.29, 1.82) is 0 Å². The van der Waals surface area contributed by atoms with E-state index in [2.05, 4.69) is 17.2 Å². The summed E-state index contributed by atoms with van der Waals surface area (Å²) in [5, 5.41) is 12.4. The molecule has 2 rings (SSSR count). The van der Waals surface area contributed by atoms with Crippen molar-refractivity contribution >= 4 is 5.91 Å². The van der Waals surface area contributed by atoms with Crippen LogP contribution in [0.4, 0.5) is 0 Å². The molecule has 1 aliphatic carbocycles. The van der Waals surface area contributed by atoms with Crippen LogP contribution < -0.4 is 5.32 Å². The van der Waals surface area contributed by atoms with Crippen molar-refractivity contribution in [1.82, 2.24) is 10.3 Å². The first kappa shape index (κ1) is 10.9. The summed E-state index contributed by atoms with van der Waals surface area (Å²) in [5.74, 6) is 0.164. The van der Waals surface area contributed by atoms with E-state index in [4.69, 9.17) is 0 Å². The van der Waals surface area contributed by atoms with Crippen LogP contribution in [0.2, 0.25) is 0 Å². The van der Waals surface area contributed by atoms with Crippen LogP contribution in [0.25, 0.3) is 0 Å². The monoisotopic (exact) mass is 220 g/mol. The average Bonchev–Trinajstić information content (AvgIpc) is 2.65. The highest BCUT2D eigenvalue weighted by Gasteiger charge is 2.26. The number of carbonyl (C=O) groups excluding carboxylic acids is 1. The summed E-state index contributed by atoms with van der Waals surface area (Å²) in [7, 11) is 0. The Hall–Kier alpha value is -1.58. The van der Waals surface area contributed by atoms with Crippen LogP contribution in [0.15, 0.2) is 18.3 Å². The number of aromatic nitrogens is 1. The molecule has 0 radical (unpaired) electrons. The molecule has 0 spiro atoms. The molecule has 0 aliphatic heterocycles. The molecule has 16 heavy (non-hydrogen) atoms. The predicted octanol–water partition coefficient (Wildman–Crippen LogP) is 1.71. The van der Waals surface area contributed by atoms with E-state index in [9.17, 15) is 9.90 Å². The number of nitrogens with zero attached hydrogens (tertiary/aromatic N) is 1. The molecule has 1 aliphatic rings. The van der Waals surface area contributed by atoms with E-state index in [0.29, 0.717) is 5.92 Å². The van der Waals surface area contributed by atoms with E-state index < -0.39 is 0 Å². The van der Waals surface area contributed by atoms with Gasteiger partial charge in [0, 0.05) is 12.2 Å². The third-order valence-corrected chi connectivity index (χ3v) is 3.18. The molecule has 86 valence electrons. The molecule has 4 heteroatoms. The van der Waals surface area contributed by atoms with E-state index in [-0.39, 0.29) is 23.4 Å². The largest absolute Gasteiger partial charge is 0.505 e. The van der Waals surface area contributed by atoms with Crippen molar-refractivity contribution in [2.75, 3.05) is 0 Å². The topological polar surface area (TPSA) is 62.2 Å². The van der Waals surface area contributed by atoms with E-state index in [0.717, 1.165) is 19.3 Å². The van der Waals surface area contributed by atoms with Gasteiger partial charge in [0.15, 0.2) is 5.69 Å². The van der Waals surface area contributed by atoms with Gasteiger partial charge in [-0.3, -0.25) is 4.79 Å². The molecule has 1 amide bonds. The number of nitrogens with one attached hydrogen (secondary N) is 1. The van der Waals surface area contributed by atoms with Gasteiger partial charge in [0.1, 0.15) is 5.75 Å². The lowest BCUT2D eigenvalue weighted by molar-refractivity contribution is 0.0921. The molecule has 1 aromatic heterocycles. The molecule has 1 saturated carbocycles. The minimum atomic E-state index is -0.281. The Bertz CT molecular complexity index is 392. The van der Waals surface area contributed by atoms with Gasteiger partial charge < -0.3 is 10.4 Å². The summed E-state index contributed by atoms with van der Waals surface area (Å²) in [6, 6.07) is 3.29. The van der Waals surface area contributed by atoms with Gasteiger partial charge in [0.2, 0.25) is 0 Å². The Balaban J connectivity index is 2.06. The highest BCUT2D eigenvalue weighted by Crippen LogP contribution is 2.25. The summed E-state index contributed by atoms with van der Waals surface area (Å²) < 4.78 is 0. The number of hydrogen-bond donors (Lipinski definition) is 2. The first-order chi connectivity index (χ1) is 7.68. The first-order valence-corrected chi connectivity index (χ1v) is 5.63. The van der Waals surface area contributed by atoms with Crippen LogP contribution in [0.1, 0.15) is 36.7 Å². The van der Waals surface area contributed by atoms with Gasteiger partial charge >= 0.3 is 0 Å². The van der Waals surface area contributed by atoms with Gasteiger partial charge in [-0.1, -0.05) is 13.3 Å². The number of aromatic hydroxyl groups is 1. The number of hydrogen-bond acceptors (Lipinski definition) is 3. The fourth-order valence-electron chi connectivity index (χ4n) is 2.17. The average molecular weight is 220 g/mol. The van der Waals surface area contributed by atoms with Crippen molar-refractivity contribution in [2.45, 2.75) is 32.2 Å². The smallest absolute Gasteiger partial charge is 0.273 e. The molecule has 2 N–H and O–H groups in total. The molecule has 0 aromatic carbocycles. The van der Waals surface area contributed by atoms with Gasteiger partial charge in [-0.05, 0) is 30.9 Å². The van der Waals surface area contributed by atoms with Crippen LogP contribution in [0.3, 0.4) is 0 Å². The van der Waals surface area contributed by atoms with Crippen molar-refractivity contribution in [3.63, 3.8) is 0 Å². The second-order valence-corrected chi connectivity index (χ2v) is 4.36. The molecule has 0 saturated heterocycles. The Morgan fingerprint density at radius 1 is 1.56 bits per heavy atom. The lowest BCUT2D eigenvalue weighted by atomic mass is 10.1.